The van der Waals surface area contributed by atoms with E-state index in [1.165, 1.54) is 11.3 Å². The van der Waals surface area contributed by atoms with Crippen LogP contribution in [0.4, 0.5) is 5.69 Å². The highest BCUT2D eigenvalue weighted by Gasteiger charge is 2.17. The standard InChI is InChI=1S/C13H10ClN3OS/c1-8-11(17-5-6-19-13(17)15-8)12(18)16-10-4-2-3-9(14)7-10/h2-7H,1H3,(H,16,18). The summed E-state index contributed by atoms with van der Waals surface area (Å²) in [6, 6.07) is 7.06. The van der Waals surface area contributed by atoms with Crippen LogP contribution in [0.25, 0.3) is 4.96 Å². The third kappa shape index (κ3) is 2.22. The van der Waals surface area contributed by atoms with Gasteiger partial charge in [0.15, 0.2) is 4.96 Å². The molecule has 96 valence electrons. The van der Waals surface area contributed by atoms with Gasteiger partial charge in [0.2, 0.25) is 0 Å². The normalized spacial score (nSPS) is 10.8. The predicted octanol–water partition coefficient (Wildman–Crippen LogP) is 3.61. The lowest BCUT2D eigenvalue weighted by Gasteiger charge is -2.05. The van der Waals surface area contributed by atoms with E-state index in [9.17, 15) is 4.79 Å². The minimum absolute atomic E-state index is 0.189. The Morgan fingerprint density at radius 2 is 2.32 bits per heavy atom. The number of hydrogen-bond donors (Lipinski definition) is 1. The molecule has 0 bridgehead atoms. The number of benzene rings is 1. The number of amides is 1. The zero-order chi connectivity index (χ0) is 13.4. The number of halogens is 1. The maximum absolute atomic E-state index is 12.3. The summed E-state index contributed by atoms with van der Waals surface area (Å²) < 4.78 is 1.79. The zero-order valence-corrected chi connectivity index (χ0v) is 11.6. The maximum Gasteiger partial charge on any atom is 0.274 e. The Hall–Kier alpha value is -1.85. The molecule has 0 radical (unpaired) electrons. The first kappa shape index (κ1) is 12.2. The lowest BCUT2D eigenvalue weighted by molar-refractivity contribution is 0.102. The second kappa shape index (κ2) is 4.68. The second-order valence-electron chi connectivity index (χ2n) is 4.07. The van der Waals surface area contributed by atoms with Gasteiger partial charge in [0, 0.05) is 22.3 Å². The Labute approximate surface area is 118 Å². The van der Waals surface area contributed by atoms with E-state index in [1.54, 1.807) is 28.7 Å². The van der Waals surface area contributed by atoms with Gasteiger partial charge in [-0.15, -0.1) is 11.3 Å². The Balaban J connectivity index is 1.96. The Kier molecular flexibility index (Phi) is 3.00. The molecule has 2 heterocycles. The molecule has 0 atom stereocenters. The summed E-state index contributed by atoms with van der Waals surface area (Å²) in [6.45, 7) is 1.83. The summed E-state index contributed by atoms with van der Waals surface area (Å²) in [7, 11) is 0. The molecule has 0 aliphatic carbocycles. The van der Waals surface area contributed by atoms with Gasteiger partial charge in [-0.2, -0.15) is 0 Å². The first-order valence-corrected chi connectivity index (χ1v) is 6.90. The van der Waals surface area contributed by atoms with Crippen molar-refractivity contribution in [2.75, 3.05) is 5.32 Å². The molecule has 0 unspecified atom stereocenters. The summed E-state index contributed by atoms with van der Waals surface area (Å²) >= 11 is 7.39. The Bertz CT molecular complexity index is 762. The molecule has 2 aromatic heterocycles. The van der Waals surface area contributed by atoms with Crippen LogP contribution in [0.15, 0.2) is 35.8 Å². The largest absolute Gasteiger partial charge is 0.321 e. The molecular weight excluding hydrogens is 282 g/mol. The van der Waals surface area contributed by atoms with E-state index >= 15 is 0 Å². The molecule has 0 saturated heterocycles. The molecule has 4 nitrogen and oxygen atoms in total. The van der Waals surface area contributed by atoms with E-state index in [4.69, 9.17) is 11.6 Å². The van der Waals surface area contributed by atoms with Crippen molar-refractivity contribution in [2.24, 2.45) is 0 Å². The topological polar surface area (TPSA) is 46.4 Å². The second-order valence-corrected chi connectivity index (χ2v) is 5.38. The first-order chi connectivity index (χ1) is 9.15. The van der Waals surface area contributed by atoms with E-state index in [0.717, 1.165) is 4.96 Å². The number of hydrogen-bond acceptors (Lipinski definition) is 3. The van der Waals surface area contributed by atoms with Crippen molar-refractivity contribution in [1.29, 1.82) is 0 Å². The van der Waals surface area contributed by atoms with Crippen molar-refractivity contribution in [3.05, 3.63) is 52.3 Å². The van der Waals surface area contributed by atoms with Gasteiger partial charge in [-0.3, -0.25) is 9.20 Å². The fraction of sp³-hybridized carbons (Fsp3) is 0.0769. The van der Waals surface area contributed by atoms with E-state index in [2.05, 4.69) is 10.3 Å². The molecule has 3 rings (SSSR count). The smallest absolute Gasteiger partial charge is 0.274 e. The highest BCUT2D eigenvalue weighted by atomic mass is 35.5. The molecule has 1 amide bonds. The van der Waals surface area contributed by atoms with Crippen molar-refractivity contribution in [1.82, 2.24) is 9.38 Å². The number of aryl methyl sites for hydroxylation is 1. The number of nitrogens with zero attached hydrogens (tertiary/aromatic N) is 2. The zero-order valence-electron chi connectivity index (χ0n) is 10.1. The number of anilines is 1. The average Bonchev–Trinajstić information content (AvgIpc) is 2.88. The molecule has 0 aliphatic rings. The van der Waals surface area contributed by atoms with Crippen molar-refractivity contribution in [3.8, 4) is 0 Å². The number of carbonyl (C=O) groups excluding carboxylic acids is 1. The summed E-state index contributed by atoms with van der Waals surface area (Å²) in [5.41, 5.74) is 1.93. The van der Waals surface area contributed by atoms with Crippen LogP contribution in [0.2, 0.25) is 5.02 Å². The lowest BCUT2D eigenvalue weighted by atomic mass is 10.3. The molecule has 0 aliphatic heterocycles. The molecule has 0 spiro atoms. The SMILES string of the molecule is Cc1nc2sccn2c1C(=O)Nc1cccc(Cl)c1. The van der Waals surface area contributed by atoms with E-state index < -0.39 is 0 Å². The summed E-state index contributed by atoms with van der Waals surface area (Å²) in [4.78, 5) is 17.5. The number of nitrogens with one attached hydrogen (secondary N) is 1. The van der Waals surface area contributed by atoms with Gasteiger partial charge in [-0.05, 0) is 25.1 Å². The highest BCUT2D eigenvalue weighted by Crippen LogP contribution is 2.19. The Morgan fingerprint density at radius 1 is 1.47 bits per heavy atom. The van der Waals surface area contributed by atoms with Crippen LogP contribution >= 0.6 is 22.9 Å². The van der Waals surface area contributed by atoms with Crippen LogP contribution in [0.1, 0.15) is 16.2 Å². The van der Waals surface area contributed by atoms with Gasteiger partial charge in [0.25, 0.3) is 5.91 Å². The summed E-state index contributed by atoms with van der Waals surface area (Å²) in [6.07, 6.45) is 1.84. The van der Waals surface area contributed by atoms with E-state index in [1.807, 2.05) is 18.5 Å². The number of imidazole rings is 1. The van der Waals surface area contributed by atoms with Gasteiger partial charge >= 0.3 is 0 Å². The van der Waals surface area contributed by atoms with Crippen LogP contribution < -0.4 is 5.32 Å². The minimum Gasteiger partial charge on any atom is -0.321 e. The predicted molar refractivity (Wildman–Crippen MR) is 77.2 cm³/mol. The van der Waals surface area contributed by atoms with Gasteiger partial charge in [-0.25, -0.2) is 4.98 Å². The summed E-state index contributed by atoms with van der Waals surface area (Å²) in [5.74, 6) is -0.189. The van der Waals surface area contributed by atoms with Crippen LogP contribution in [0.3, 0.4) is 0 Å². The molecule has 19 heavy (non-hydrogen) atoms. The third-order valence-electron chi connectivity index (χ3n) is 2.73. The molecule has 1 N–H and O–H groups in total. The number of rotatable bonds is 2. The van der Waals surface area contributed by atoms with Gasteiger partial charge < -0.3 is 5.32 Å². The fourth-order valence-electron chi connectivity index (χ4n) is 1.92. The van der Waals surface area contributed by atoms with Crippen LogP contribution in [-0.2, 0) is 0 Å². The third-order valence-corrected chi connectivity index (χ3v) is 3.73. The van der Waals surface area contributed by atoms with Crippen molar-refractivity contribution >= 4 is 39.5 Å². The van der Waals surface area contributed by atoms with Crippen LogP contribution in [0.5, 0.6) is 0 Å². The maximum atomic E-state index is 12.3. The van der Waals surface area contributed by atoms with Crippen molar-refractivity contribution < 1.29 is 4.79 Å². The molecule has 6 heteroatoms. The fourth-order valence-corrected chi connectivity index (χ4v) is 2.87. The van der Waals surface area contributed by atoms with Crippen LogP contribution in [0, 0.1) is 6.92 Å². The molecular formula is C13H10ClN3OS. The van der Waals surface area contributed by atoms with Crippen molar-refractivity contribution in [3.63, 3.8) is 0 Å². The first-order valence-electron chi connectivity index (χ1n) is 5.64. The molecule has 0 fully saturated rings. The summed E-state index contributed by atoms with van der Waals surface area (Å²) in [5, 5.41) is 5.32. The van der Waals surface area contributed by atoms with E-state index in [0.29, 0.717) is 22.1 Å². The van der Waals surface area contributed by atoms with Crippen molar-refractivity contribution in [2.45, 2.75) is 6.92 Å². The quantitative estimate of drug-likeness (QED) is 0.784. The lowest BCUT2D eigenvalue weighted by Crippen LogP contribution is -2.15. The Morgan fingerprint density at radius 3 is 3.11 bits per heavy atom. The van der Waals surface area contributed by atoms with E-state index in [-0.39, 0.29) is 5.91 Å². The molecule has 0 saturated carbocycles. The number of aromatic nitrogens is 2. The van der Waals surface area contributed by atoms with Crippen LogP contribution in [-0.4, -0.2) is 15.3 Å². The van der Waals surface area contributed by atoms with Gasteiger partial charge in [0.1, 0.15) is 5.69 Å². The molecule has 1 aromatic carbocycles. The number of thiazole rings is 1. The van der Waals surface area contributed by atoms with Gasteiger partial charge in [-0.1, -0.05) is 17.7 Å². The molecule has 3 aromatic rings. The number of carbonyl (C=O) groups is 1. The monoisotopic (exact) mass is 291 g/mol. The van der Waals surface area contributed by atoms with Gasteiger partial charge in [0.05, 0.1) is 5.69 Å². The minimum atomic E-state index is -0.189. The average molecular weight is 292 g/mol. The highest BCUT2D eigenvalue weighted by molar-refractivity contribution is 7.15. The number of fused-ring (bicyclic) bond motifs is 1.